The number of rotatable bonds is 2. The standard InChI is InChI=1S/C13H7ClN2O2/c14-11-6-9(8-15)7-12(16(17)18)13(11)10-4-2-1-3-5-10/h1-7H. The molecule has 0 aliphatic rings. The number of hydrogen-bond donors (Lipinski definition) is 0. The number of nitro benzene ring substituents is 1. The molecule has 0 bridgehead atoms. The summed E-state index contributed by atoms with van der Waals surface area (Å²) < 4.78 is 0. The van der Waals surface area contributed by atoms with Crippen LogP contribution in [-0.2, 0) is 0 Å². The van der Waals surface area contributed by atoms with E-state index in [9.17, 15) is 10.1 Å². The van der Waals surface area contributed by atoms with Gasteiger partial charge in [0.1, 0.15) is 0 Å². The Morgan fingerprint density at radius 2 is 1.89 bits per heavy atom. The smallest absolute Gasteiger partial charge is 0.258 e. The Morgan fingerprint density at radius 1 is 1.22 bits per heavy atom. The fourth-order valence-electron chi connectivity index (χ4n) is 1.69. The molecule has 0 atom stereocenters. The molecular weight excluding hydrogens is 252 g/mol. The Hall–Kier alpha value is -2.38. The van der Waals surface area contributed by atoms with Crippen molar-refractivity contribution in [1.82, 2.24) is 0 Å². The van der Waals surface area contributed by atoms with Crippen LogP contribution in [0.3, 0.4) is 0 Å². The fraction of sp³-hybridized carbons (Fsp3) is 0. The van der Waals surface area contributed by atoms with Gasteiger partial charge in [-0.3, -0.25) is 10.1 Å². The maximum atomic E-state index is 11.1. The van der Waals surface area contributed by atoms with E-state index in [4.69, 9.17) is 16.9 Å². The maximum Gasteiger partial charge on any atom is 0.280 e. The number of benzene rings is 2. The van der Waals surface area contributed by atoms with Gasteiger partial charge in [-0.15, -0.1) is 0 Å². The molecule has 0 aliphatic carbocycles. The van der Waals surface area contributed by atoms with E-state index >= 15 is 0 Å². The molecule has 2 rings (SSSR count). The van der Waals surface area contributed by atoms with Crippen LogP contribution in [0.25, 0.3) is 11.1 Å². The monoisotopic (exact) mass is 258 g/mol. The molecule has 0 aliphatic heterocycles. The van der Waals surface area contributed by atoms with Crippen LogP contribution in [0.2, 0.25) is 5.02 Å². The first-order valence-electron chi connectivity index (χ1n) is 5.07. The molecule has 0 heterocycles. The average molecular weight is 259 g/mol. The van der Waals surface area contributed by atoms with Crippen LogP contribution in [0.1, 0.15) is 5.56 Å². The topological polar surface area (TPSA) is 66.9 Å². The first-order chi connectivity index (χ1) is 8.63. The molecule has 0 aromatic heterocycles. The lowest BCUT2D eigenvalue weighted by molar-refractivity contribution is -0.384. The summed E-state index contributed by atoms with van der Waals surface area (Å²) in [7, 11) is 0. The van der Waals surface area contributed by atoms with Gasteiger partial charge in [0, 0.05) is 6.07 Å². The molecule has 0 spiro atoms. The number of halogens is 1. The quantitative estimate of drug-likeness (QED) is 0.608. The van der Waals surface area contributed by atoms with Gasteiger partial charge in [-0.1, -0.05) is 41.9 Å². The largest absolute Gasteiger partial charge is 0.280 e. The van der Waals surface area contributed by atoms with Gasteiger partial charge in [-0.25, -0.2) is 0 Å². The Morgan fingerprint density at radius 3 is 2.44 bits per heavy atom. The molecule has 0 radical (unpaired) electrons. The Balaban J connectivity index is 2.75. The third-order valence-electron chi connectivity index (χ3n) is 2.46. The van der Waals surface area contributed by atoms with Gasteiger partial charge in [0.15, 0.2) is 0 Å². The third-order valence-corrected chi connectivity index (χ3v) is 2.76. The van der Waals surface area contributed by atoms with E-state index in [1.807, 2.05) is 12.1 Å². The SMILES string of the molecule is N#Cc1cc(Cl)c(-c2ccccc2)c([N+](=O)[O-])c1. The van der Waals surface area contributed by atoms with Crippen molar-refractivity contribution in [2.45, 2.75) is 0 Å². The predicted octanol–water partition coefficient (Wildman–Crippen LogP) is 3.79. The van der Waals surface area contributed by atoms with Crippen LogP contribution >= 0.6 is 11.6 Å². The van der Waals surface area contributed by atoms with Gasteiger partial charge in [0.2, 0.25) is 0 Å². The van der Waals surface area contributed by atoms with Gasteiger partial charge < -0.3 is 0 Å². The van der Waals surface area contributed by atoms with Gasteiger partial charge in [0.25, 0.3) is 5.69 Å². The first kappa shape index (κ1) is 12.1. The molecule has 5 heteroatoms. The second-order valence-electron chi connectivity index (χ2n) is 3.59. The third kappa shape index (κ3) is 2.17. The number of nitro groups is 1. The average Bonchev–Trinajstić information content (AvgIpc) is 2.38. The summed E-state index contributed by atoms with van der Waals surface area (Å²) in [5.41, 5.74) is 0.997. The summed E-state index contributed by atoms with van der Waals surface area (Å²) in [5, 5.41) is 20.1. The summed E-state index contributed by atoms with van der Waals surface area (Å²) in [6.07, 6.45) is 0. The van der Waals surface area contributed by atoms with Crippen LogP contribution in [-0.4, -0.2) is 4.92 Å². The minimum atomic E-state index is -0.533. The van der Waals surface area contributed by atoms with E-state index in [0.717, 1.165) is 0 Å². The summed E-state index contributed by atoms with van der Waals surface area (Å²) in [6.45, 7) is 0. The second-order valence-corrected chi connectivity index (χ2v) is 3.99. The van der Waals surface area contributed by atoms with Crippen molar-refractivity contribution in [2.24, 2.45) is 0 Å². The first-order valence-corrected chi connectivity index (χ1v) is 5.44. The van der Waals surface area contributed by atoms with Crippen LogP contribution in [0.15, 0.2) is 42.5 Å². The molecule has 0 saturated carbocycles. The number of nitriles is 1. The van der Waals surface area contributed by atoms with E-state index in [1.54, 1.807) is 24.3 Å². The van der Waals surface area contributed by atoms with Crippen molar-refractivity contribution in [3.05, 3.63) is 63.2 Å². The summed E-state index contributed by atoms with van der Waals surface area (Å²) in [5.74, 6) is 0. The van der Waals surface area contributed by atoms with E-state index in [-0.39, 0.29) is 16.3 Å². The molecular formula is C13H7ClN2O2. The summed E-state index contributed by atoms with van der Waals surface area (Å²) in [6, 6.07) is 13.3. The van der Waals surface area contributed by atoms with Crippen LogP contribution in [0, 0.1) is 21.4 Å². The summed E-state index contributed by atoms with van der Waals surface area (Å²) in [4.78, 5) is 10.5. The van der Waals surface area contributed by atoms with Crippen LogP contribution in [0.5, 0.6) is 0 Å². The molecule has 2 aromatic carbocycles. The molecule has 0 fully saturated rings. The predicted molar refractivity (Wildman–Crippen MR) is 68.3 cm³/mol. The molecule has 0 unspecified atom stereocenters. The zero-order valence-corrected chi connectivity index (χ0v) is 9.89. The molecule has 18 heavy (non-hydrogen) atoms. The van der Waals surface area contributed by atoms with Crippen molar-refractivity contribution in [3.63, 3.8) is 0 Å². The molecule has 4 nitrogen and oxygen atoms in total. The number of nitrogens with zero attached hydrogens (tertiary/aromatic N) is 2. The van der Waals surface area contributed by atoms with Crippen molar-refractivity contribution in [2.75, 3.05) is 0 Å². The van der Waals surface area contributed by atoms with Crippen LogP contribution in [0.4, 0.5) is 5.69 Å². The molecule has 0 amide bonds. The normalized spacial score (nSPS) is 9.78. The molecule has 2 aromatic rings. The van der Waals surface area contributed by atoms with Crippen molar-refractivity contribution in [3.8, 4) is 17.2 Å². The molecule has 0 N–H and O–H groups in total. The van der Waals surface area contributed by atoms with Crippen molar-refractivity contribution < 1.29 is 4.92 Å². The van der Waals surface area contributed by atoms with E-state index in [1.165, 1.54) is 12.1 Å². The zero-order valence-electron chi connectivity index (χ0n) is 9.13. The van der Waals surface area contributed by atoms with Crippen molar-refractivity contribution >= 4 is 17.3 Å². The maximum absolute atomic E-state index is 11.1. The fourth-order valence-corrected chi connectivity index (χ4v) is 2.01. The molecule has 88 valence electrons. The lowest BCUT2D eigenvalue weighted by atomic mass is 10.0. The lowest BCUT2D eigenvalue weighted by Gasteiger charge is -2.06. The highest BCUT2D eigenvalue weighted by Crippen LogP contribution is 2.37. The Kier molecular flexibility index (Phi) is 3.26. The number of hydrogen-bond acceptors (Lipinski definition) is 3. The van der Waals surface area contributed by atoms with Crippen molar-refractivity contribution in [1.29, 1.82) is 5.26 Å². The highest BCUT2D eigenvalue weighted by Gasteiger charge is 2.20. The van der Waals surface area contributed by atoms with E-state index in [0.29, 0.717) is 11.1 Å². The second kappa shape index (κ2) is 4.86. The highest BCUT2D eigenvalue weighted by atomic mass is 35.5. The minimum absolute atomic E-state index is 0.162. The molecule has 0 saturated heterocycles. The van der Waals surface area contributed by atoms with Gasteiger partial charge >= 0.3 is 0 Å². The zero-order chi connectivity index (χ0) is 13.1. The van der Waals surface area contributed by atoms with Gasteiger partial charge in [-0.05, 0) is 11.6 Å². The van der Waals surface area contributed by atoms with Gasteiger partial charge in [0.05, 0.1) is 27.1 Å². The van der Waals surface area contributed by atoms with E-state index < -0.39 is 4.92 Å². The summed E-state index contributed by atoms with van der Waals surface area (Å²) >= 11 is 6.04. The van der Waals surface area contributed by atoms with Gasteiger partial charge in [-0.2, -0.15) is 5.26 Å². The Labute approximate surface area is 108 Å². The van der Waals surface area contributed by atoms with Crippen LogP contribution < -0.4 is 0 Å². The van der Waals surface area contributed by atoms with E-state index in [2.05, 4.69) is 0 Å². The lowest BCUT2D eigenvalue weighted by Crippen LogP contribution is -1.94. The minimum Gasteiger partial charge on any atom is -0.258 e. The Bertz CT molecular complexity index is 648. The highest BCUT2D eigenvalue weighted by molar-refractivity contribution is 6.34.